The van der Waals surface area contributed by atoms with E-state index < -0.39 is 0 Å². The molecule has 0 N–H and O–H groups in total. The van der Waals surface area contributed by atoms with Crippen LogP contribution in [0.2, 0.25) is 0 Å². The van der Waals surface area contributed by atoms with Crippen LogP contribution >= 0.6 is 0 Å². The van der Waals surface area contributed by atoms with Crippen molar-refractivity contribution in [3.05, 3.63) is 24.8 Å². The molecule has 64 valence electrons. The molecule has 0 aliphatic heterocycles. The van der Waals surface area contributed by atoms with Gasteiger partial charge in [0.25, 0.3) is 0 Å². The second-order valence-corrected chi connectivity index (χ2v) is 2.14. The average Bonchev–Trinajstić information content (AvgIpc) is 2.05. The second kappa shape index (κ2) is 7.51. The van der Waals surface area contributed by atoms with E-state index in [9.17, 15) is 0 Å². The van der Waals surface area contributed by atoms with E-state index in [4.69, 9.17) is 9.47 Å². The van der Waals surface area contributed by atoms with Crippen LogP contribution in [-0.2, 0) is 9.47 Å². The van der Waals surface area contributed by atoms with Crippen LogP contribution in [0.5, 0.6) is 0 Å². The third-order valence-electron chi connectivity index (χ3n) is 1.37. The lowest BCUT2D eigenvalue weighted by Gasteiger charge is -2.10. The van der Waals surface area contributed by atoms with Gasteiger partial charge < -0.3 is 9.47 Å². The summed E-state index contributed by atoms with van der Waals surface area (Å²) in [4.78, 5) is 0. The van der Waals surface area contributed by atoms with E-state index in [-0.39, 0.29) is 6.29 Å². The number of rotatable bonds is 6. The Morgan fingerprint density at radius 1 is 1.36 bits per heavy atom. The van der Waals surface area contributed by atoms with E-state index in [2.05, 4.69) is 6.58 Å². The maximum Gasteiger partial charge on any atom is 0.157 e. The van der Waals surface area contributed by atoms with Crippen LogP contribution in [0.3, 0.4) is 0 Å². The predicted molar refractivity (Wildman–Crippen MR) is 46.4 cm³/mol. The molecular formula is C9H16O2. The fourth-order valence-corrected chi connectivity index (χ4v) is 0.757. The zero-order valence-corrected chi connectivity index (χ0v) is 7.25. The van der Waals surface area contributed by atoms with Gasteiger partial charge in [0.1, 0.15) is 0 Å². The first-order valence-corrected chi connectivity index (χ1v) is 3.68. The van der Waals surface area contributed by atoms with Crippen molar-refractivity contribution in [1.82, 2.24) is 0 Å². The van der Waals surface area contributed by atoms with E-state index >= 15 is 0 Å². The number of allylic oxidation sites excluding steroid dienone is 3. The Bertz CT molecular complexity index is 115. The molecular weight excluding hydrogens is 140 g/mol. The summed E-state index contributed by atoms with van der Waals surface area (Å²) in [6.45, 7) is 3.57. The second-order valence-electron chi connectivity index (χ2n) is 2.14. The molecule has 2 nitrogen and oxygen atoms in total. The van der Waals surface area contributed by atoms with Crippen LogP contribution in [0, 0.1) is 0 Å². The van der Waals surface area contributed by atoms with Crippen LogP contribution in [0.1, 0.15) is 12.8 Å². The summed E-state index contributed by atoms with van der Waals surface area (Å²) in [5.41, 5.74) is 0. The molecule has 0 aromatic rings. The summed E-state index contributed by atoms with van der Waals surface area (Å²) < 4.78 is 10.00. The Morgan fingerprint density at radius 3 is 2.45 bits per heavy atom. The molecule has 0 atom stereocenters. The van der Waals surface area contributed by atoms with E-state index in [1.54, 1.807) is 20.3 Å². The minimum Gasteiger partial charge on any atom is -0.356 e. The molecule has 0 saturated carbocycles. The molecule has 2 heteroatoms. The first-order valence-electron chi connectivity index (χ1n) is 3.68. The molecule has 0 fully saturated rings. The molecule has 11 heavy (non-hydrogen) atoms. The third kappa shape index (κ3) is 5.83. The van der Waals surface area contributed by atoms with Crippen LogP contribution in [0.15, 0.2) is 24.8 Å². The maximum atomic E-state index is 5.00. The molecule has 0 amide bonds. The summed E-state index contributed by atoms with van der Waals surface area (Å²) in [6, 6.07) is 0. The normalized spacial score (nSPS) is 11.2. The van der Waals surface area contributed by atoms with Gasteiger partial charge >= 0.3 is 0 Å². The van der Waals surface area contributed by atoms with Crippen molar-refractivity contribution in [3.8, 4) is 0 Å². The zero-order chi connectivity index (χ0) is 8.53. The van der Waals surface area contributed by atoms with Crippen LogP contribution in [0.25, 0.3) is 0 Å². The van der Waals surface area contributed by atoms with Gasteiger partial charge in [0, 0.05) is 20.6 Å². The molecule has 0 rings (SSSR count). The van der Waals surface area contributed by atoms with E-state index in [1.807, 2.05) is 12.2 Å². The molecule has 0 unspecified atom stereocenters. The molecule has 0 aromatic heterocycles. The Kier molecular flexibility index (Phi) is 7.10. The van der Waals surface area contributed by atoms with Crippen molar-refractivity contribution in [2.45, 2.75) is 19.1 Å². The molecule has 0 aromatic carbocycles. The summed E-state index contributed by atoms with van der Waals surface area (Å²) in [7, 11) is 3.29. The van der Waals surface area contributed by atoms with Crippen LogP contribution in [-0.4, -0.2) is 20.5 Å². The molecule has 0 spiro atoms. The van der Waals surface area contributed by atoms with E-state index in [0.717, 1.165) is 12.8 Å². The molecule has 0 radical (unpaired) electrons. The minimum atomic E-state index is -0.0792. The van der Waals surface area contributed by atoms with E-state index in [0.29, 0.717) is 0 Å². The Labute approximate surface area is 68.5 Å². The molecule has 0 heterocycles. The van der Waals surface area contributed by atoms with Gasteiger partial charge in [-0.3, -0.25) is 0 Å². The monoisotopic (exact) mass is 156 g/mol. The quantitative estimate of drug-likeness (QED) is 0.433. The average molecular weight is 156 g/mol. The SMILES string of the molecule is C=C/C=C\CCC(OC)OC. The number of ether oxygens (including phenoxy) is 2. The molecule has 0 bridgehead atoms. The van der Waals surface area contributed by atoms with E-state index in [1.165, 1.54) is 0 Å². The van der Waals surface area contributed by atoms with Gasteiger partial charge in [0.15, 0.2) is 6.29 Å². The van der Waals surface area contributed by atoms with Gasteiger partial charge in [-0.1, -0.05) is 24.8 Å². The van der Waals surface area contributed by atoms with Crippen molar-refractivity contribution in [3.63, 3.8) is 0 Å². The lowest BCUT2D eigenvalue weighted by atomic mass is 10.3. The molecule has 0 aliphatic carbocycles. The lowest BCUT2D eigenvalue weighted by molar-refractivity contribution is -0.105. The Hall–Kier alpha value is -0.600. The molecule has 0 aliphatic rings. The standard InChI is InChI=1S/C9H16O2/c1-4-5-6-7-8-9(10-2)11-3/h4-6,9H,1,7-8H2,2-3H3/b6-5-. The third-order valence-corrected chi connectivity index (χ3v) is 1.37. The fourth-order valence-electron chi connectivity index (χ4n) is 0.757. The fraction of sp³-hybridized carbons (Fsp3) is 0.556. The van der Waals surface area contributed by atoms with Gasteiger partial charge in [-0.15, -0.1) is 0 Å². The summed E-state index contributed by atoms with van der Waals surface area (Å²) in [6.07, 6.45) is 7.48. The smallest absolute Gasteiger partial charge is 0.157 e. The Balaban J connectivity index is 3.34. The minimum absolute atomic E-state index is 0.0792. The van der Waals surface area contributed by atoms with Crippen molar-refractivity contribution < 1.29 is 9.47 Å². The van der Waals surface area contributed by atoms with Gasteiger partial charge in [0.2, 0.25) is 0 Å². The van der Waals surface area contributed by atoms with Crippen molar-refractivity contribution in [1.29, 1.82) is 0 Å². The van der Waals surface area contributed by atoms with Crippen LogP contribution in [0.4, 0.5) is 0 Å². The summed E-state index contributed by atoms with van der Waals surface area (Å²) >= 11 is 0. The summed E-state index contributed by atoms with van der Waals surface area (Å²) in [5.74, 6) is 0. The van der Waals surface area contributed by atoms with Gasteiger partial charge in [-0.05, 0) is 6.42 Å². The highest BCUT2D eigenvalue weighted by atomic mass is 16.7. The highest BCUT2D eigenvalue weighted by molar-refractivity contribution is 4.96. The van der Waals surface area contributed by atoms with Gasteiger partial charge in [-0.25, -0.2) is 0 Å². The first-order chi connectivity index (χ1) is 5.35. The topological polar surface area (TPSA) is 18.5 Å². The number of hydrogen-bond acceptors (Lipinski definition) is 2. The lowest BCUT2D eigenvalue weighted by Crippen LogP contribution is -2.11. The van der Waals surface area contributed by atoms with Gasteiger partial charge in [-0.2, -0.15) is 0 Å². The highest BCUT2D eigenvalue weighted by Gasteiger charge is 2.00. The Morgan fingerprint density at radius 2 is 2.00 bits per heavy atom. The summed E-state index contributed by atoms with van der Waals surface area (Å²) in [5, 5.41) is 0. The predicted octanol–water partition coefficient (Wildman–Crippen LogP) is 2.13. The number of hydrogen-bond donors (Lipinski definition) is 0. The highest BCUT2D eigenvalue weighted by Crippen LogP contribution is 2.02. The van der Waals surface area contributed by atoms with Crippen molar-refractivity contribution in [2.24, 2.45) is 0 Å². The van der Waals surface area contributed by atoms with Crippen molar-refractivity contribution in [2.75, 3.05) is 14.2 Å². The molecule has 0 saturated heterocycles. The first kappa shape index (κ1) is 10.4. The largest absolute Gasteiger partial charge is 0.356 e. The number of methoxy groups -OCH3 is 2. The zero-order valence-electron chi connectivity index (χ0n) is 7.25. The maximum absolute atomic E-state index is 5.00. The van der Waals surface area contributed by atoms with Crippen LogP contribution < -0.4 is 0 Å². The van der Waals surface area contributed by atoms with Gasteiger partial charge in [0.05, 0.1) is 0 Å². The van der Waals surface area contributed by atoms with Crippen molar-refractivity contribution >= 4 is 0 Å².